The van der Waals surface area contributed by atoms with Gasteiger partial charge in [0.25, 0.3) is 0 Å². The molecule has 0 amide bonds. The summed E-state index contributed by atoms with van der Waals surface area (Å²) in [7, 11) is 1.40. The van der Waals surface area contributed by atoms with Gasteiger partial charge in [-0.25, -0.2) is 14.4 Å². The van der Waals surface area contributed by atoms with E-state index in [4.69, 9.17) is 4.42 Å². The van der Waals surface area contributed by atoms with Crippen LogP contribution in [0.2, 0.25) is 0 Å². The Kier molecular flexibility index (Phi) is 6.75. The van der Waals surface area contributed by atoms with E-state index in [9.17, 15) is 9.18 Å². The molecule has 0 atom stereocenters. The summed E-state index contributed by atoms with van der Waals surface area (Å²) in [6, 6.07) is 16.1. The fraction of sp³-hybridized carbons (Fsp3) is 0.240. The molecule has 2 aromatic carbocycles. The van der Waals surface area contributed by atoms with Crippen LogP contribution < -0.4 is 5.32 Å². The molecule has 0 aliphatic rings. The Hall–Kier alpha value is -3.74. The largest absolute Gasteiger partial charge is 0.469 e. The number of ether oxygens (including phenoxy) is 1. The molecule has 2 aromatic heterocycles. The number of carbonyl (C=O) groups is 1. The molecule has 0 aliphatic carbocycles. The van der Waals surface area contributed by atoms with Gasteiger partial charge in [0.05, 0.1) is 12.5 Å². The lowest BCUT2D eigenvalue weighted by molar-refractivity contribution is -0.140. The number of carbonyl (C=O) groups excluding carboxylic acids is 1. The Morgan fingerprint density at radius 1 is 1.00 bits per heavy atom. The number of fused-ring (bicyclic) bond motifs is 1. The molecule has 0 radical (unpaired) electrons. The number of nitrogens with one attached hydrogen (secondary N) is 1. The van der Waals surface area contributed by atoms with E-state index in [-0.39, 0.29) is 11.8 Å². The Balaban J connectivity index is 1.65. The van der Waals surface area contributed by atoms with E-state index in [0.717, 1.165) is 41.3 Å². The Morgan fingerprint density at radius 3 is 2.53 bits per heavy atom. The van der Waals surface area contributed by atoms with Crippen LogP contribution in [0.3, 0.4) is 0 Å². The van der Waals surface area contributed by atoms with E-state index in [0.29, 0.717) is 30.3 Å². The van der Waals surface area contributed by atoms with Crippen LogP contribution in [0.4, 0.5) is 10.2 Å². The Bertz CT molecular complexity index is 1190. The molecular formula is C25H24FN3O3. The number of furan rings is 1. The summed E-state index contributed by atoms with van der Waals surface area (Å²) >= 11 is 0. The molecule has 0 fully saturated rings. The van der Waals surface area contributed by atoms with Crippen molar-refractivity contribution in [2.24, 2.45) is 0 Å². The molecule has 0 saturated carbocycles. The second kappa shape index (κ2) is 10.0. The molecule has 0 unspecified atom stereocenters. The van der Waals surface area contributed by atoms with Crippen molar-refractivity contribution in [1.29, 1.82) is 0 Å². The van der Waals surface area contributed by atoms with E-state index >= 15 is 0 Å². The highest BCUT2D eigenvalue weighted by Crippen LogP contribution is 2.42. The molecule has 164 valence electrons. The maximum Gasteiger partial charge on any atom is 0.305 e. The van der Waals surface area contributed by atoms with Crippen LogP contribution >= 0.6 is 0 Å². The zero-order chi connectivity index (χ0) is 22.3. The molecule has 0 aliphatic heterocycles. The average molecular weight is 433 g/mol. The van der Waals surface area contributed by atoms with Crippen LogP contribution in [0.1, 0.15) is 25.7 Å². The number of hydrogen-bond acceptors (Lipinski definition) is 6. The van der Waals surface area contributed by atoms with Gasteiger partial charge in [0.15, 0.2) is 0 Å². The number of rotatable bonds is 9. The molecular weight excluding hydrogens is 409 g/mol. The lowest BCUT2D eigenvalue weighted by atomic mass is 9.99. The number of methoxy groups -OCH3 is 1. The molecule has 1 N–H and O–H groups in total. The summed E-state index contributed by atoms with van der Waals surface area (Å²) in [5.41, 5.74) is 3.00. The van der Waals surface area contributed by atoms with Gasteiger partial charge in [-0.05, 0) is 30.5 Å². The number of aromatic nitrogens is 2. The standard InChI is InChI=1S/C25H24FN3O3/c1-31-20(30)10-6-3-7-15-27-24-22-21(17-11-13-19(26)14-12-17)23(18-8-4-2-5-9-18)32-25(22)29-16-28-24/h2,4-5,8-9,11-14,16H,3,6-7,10,15H2,1H3,(H,27,28,29). The minimum atomic E-state index is -0.302. The molecule has 4 aromatic rings. The van der Waals surface area contributed by atoms with Crippen LogP contribution in [0.5, 0.6) is 0 Å². The second-order valence-corrected chi connectivity index (χ2v) is 7.40. The lowest BCUT2D eigenvalue weighted by Crippen LogP contribution is -2.05. The number of unbranched alkanes of at least 4 members (excludes halogenated alkanes) is 2. The van der Waals surface area contributed by atoms with Crippen LogP contribution in [0.15, 0.2) is 65.3 Å². The van der Waals surface area contributed by atoms with Gasteiger partial charge in [0.2, 0.25) is 5.71 Å². The number of hydrogen-bond donors (Lipinski definition) is 1. The molecule has 32 heavy (non-hydrogen) atoms. The van der Waals surface area contributed by atoms with E-state index in [1.807, 2.05) is 30.3 Å². The first-order chi connectivity index (χ1) is 15.7. The first-order valence-corrected chi connectivity index (χ1v) is 10.6. The van der Waals surface area contributed by atoms with Crippen LogP contribution in [0.25, 0.3) is 33.6 Å². The first kappa shape index (κ1) is 21.5. The number of esters is 1. The van der Waals surface area contributed by atoms with Crippen LogP contribution in [0, 0.1) is 5.82 Å². The summed E-state index contributed by atoms with van der Waals surface area (Å²) in [6.07, 6.45) is 4.43. The number of benzene rings is 2. The summed E-state index contributed by atoms with van der Waals surface area (Å²) < 4.78 is 24.4. The van der Waals surface area contributed by atoms with Crippen molar-refractivity contribution in [3.05, 3.63) is 66.7 Å². The van der Waals surface area contributed by atoms with Gasteiger partial charge in [-0.15, -0.1) is 0 Å². The Morgan fingerprint density at radius 2 is 1.78 bits per heavy atom. The molecule has 7 heteroatoms. The van der Waals surface area contributed by atoms with Gasteiger partial charge in [0.1, 0.15) is 23.7 Å². The van der Waals surface area contributed by atoms with Gasteiger partial charge >= 0.3 is 5.97 Å². The average Bonchev–Trinajstić information content (AvgIpc) is 3.22. The highest BCUT2D eigenvalue weighted by molar-refractivity contribution is 6.05. The highest BCUT2D eigenvalue weighted by Gasteiger charge is 2.22. The second-order valence-electron chi connectivity index (χ2n) is 7.40. The van der Waals surface area contributed by atoms with Crippen molar-refractivity contribution < 1.29 is 18.3 Å². The maximum absolute atomic E-state index is 13.6. The number of nitrogens with zero attached hydrogens (tertiary/aromatic N) is 2. The fourth-order valence-corrected chi connectivity index (χ4v) is 3.63. The molecule has 6 nitrogen and oxygen atoms in total. The fourth-order valence-electron chi connectivity index (χ4n) is 3.63. The smallest absolute Gasteiger partial charge is 0.305 e. The zero-order valence-electron chi connectivity index (χ0n) is 17.8. The van der Waals surface area contributed by atoms with Crippen LogP contribution in [-0.4, -0.2) is 29.6 Å². The molecule has 0 spiro atoms. The lowest BCUT2D eigenvalue weighted by Gasteiger charge is -2.08. The van der Waals surface area contributed by atoms with E-state index < -0.39 is 0 Å². The highest BCUT2D eigenvalue weighted by atomic mass is 19.1. The summed E-state index contributed by atoms with van der Waals surface area (Å²) in [5.74, 6) is 0.831. The topological polar surface area (TPSA) is 77.2 Å². The molecule has 2 heterocycles. The summed E-state index contributed by atoms with van der Waals surface area (Å²) in [5, 5.41) is 4.13. The van der Waals surface area contributed by atoms with Gasteiger partial charge in [-0.2, -0.15) is 0 Å². The molecule has 4 rings (SSSR count). The van der Waals surface area contributed by atoms with Crippen molar-refractivity contribution in [3.8, 4) is 22.5 Å². The quantitative estimate of drug-likeness (QED) is 0.264. The summed E-state index contributed by atoms with van der Waals surface area (Å²) in [6.45, 7) is 0.683. The minimum Gasteiger partial charge on any atom is -0.469 e. The third-order valence-electron chi connectivity index (χ3n) is 5.23. The van der Waals surface area contributed by atoms with Gasteiger partial charge in [0, 0.05) is 24.1 Å². The SMILES string of the molecule is COC(=O)CCCCCNc1ncnc2oc(-c3ccccc3)c(-c3ccc(F)cc3)c12. The zero-order valence-corrected chi connectivity index (χ0v) is 17.8. The van der Waals surface area contributed by atoms with Crippen molar-refractivity contribution in [3.63, 3.8) is 0 Å². The number of anilines is 1. The molecule has 0 saturated heterocycles. The van der Waals surface area contributed by atoms with Gasteiger partial charge in [-0.1, -0.05) is 48.9 Å². The predicted octanol–water partition coefficient (Wildman–Crippen LogP) is 5.84. The minimum absolute atomic E-state index is 0.189. The predicted molar refractivity (Wildman–Crippen MR) is 122 cm³/mol. The monoisotopic (exact) mass is 433 g/mol. The first-order valence-electron chi connectivity index (χ1n) is 10.6. The van der Waals surface area contributed by atoms with Crippen molar-refractivity contribution in [2.75, 3.05) is 19.0 Å². The third-order valence-corrected chi connectivity index (χ3v) is 5.23. The van der Waals surface area contributed by atoms with Crippen molar-refractivity contribution >= 4 is 22.9 Å². The van der Waals surface area contributed by atoms with Gasteiger partial charge < -0.3 is 14.5 Å². The van der Waals surface area contributed by atoms with E-state index in [1.165, 1.54) is 25.6 Å². The van der Waals surface area contributed by atoms with Crippen molar-refractivity contribution in [2.45, 2.75) is 25.7 Å². The normalized spacial score (nSPS) is 10.9. The molecule has 0 bridgehead atoms. The van der Waals surface area contributed by atoms with Crippen LogP contribution in [-0.2, 0) is 9.53 Å². The third kappa shape index (κ3) is 4.77. The van der Waals surface area contributed by atoms with Crippen molar-refractivity contribution in [1.82, 2.24) is 9.97 Å². The van der Waals surface area contributed by atoms with E-state index in [1.54, 1.807) is 12.1 Å². The maximum atomic E-state index is 13.6. The van der Waals surface area contributed by atoms with E-state index in [2.05, 4.69) is 20.0 Å². The Labute approximate surface area is 185 Å². The van der Waals surface area contributed by atoms with Gasteiger partial charge in [-0.3, -0.25) is 4.79 Å². The summed E-state index contributed by atoms with van der Waals surface area (Å²) in [4.78, 5) is 20.0. The number of halogens is 1.